The summed E-state index contributed by atoms with van der Waals surface area (Å²) in [6, 6.07) is 4.09. The first-order chi connectivity index (χ1) is 8.53. The molecule has 7 heteroatoms. The van der Waals surface area contributed by atoms with Gasteiger partial charge in [-0.3, -0.25) is 4.18 Å². The second kappa shape index (κ2) is 5.62. The van der Waals surface area contributed by atoms with Crippen molar-refractivity contribution in [3.05, 3.63) is 23.8 Å². The normalized spacial score (nSPS) is 12.5. The van der Waals surface area contributed by atoms with E-state index in [2.05, 4.69) is 0 Å². The van der Waals surface area contributed by atoms with E-state index in [1.54, 1.807) is 6.92 Å². The van der Waals surface area contributed by atoms with Crippen LogP contribution in [0.5, 0.6) is 0 Å². The van der Waals surface area contributed by atoms with Gasteiger partial charge in [-0.15, -0.1) is 0 Å². The van der Waals surface area contributed by atoms with Crippen molar-refractivity contribution in [3.63, 3.8) is 0 Å². The predicted molar refractivity (Wildman–Crippen MR) is 73.6 cm³/mol. The Morgan fingerprint density at radius 2 is 1.84 bits per heavy atom. The Kier molecular flexibility index (Phi) is 4.79. The quantitative estimate of drug-likeness (QED) is 0.619. The Labute approximate surface area is 114 Å². The lowest BCUT2D eigenvalue weighted by molar-refractivity contribution is 0.203. The van der Waals surface area contributed by atoms with E-state index in [0.29, 0.717) is 5.56 Å². The smallest absolute Gasteiger partial charge is 0.423 e. The molecule has 0 saturated heterocycles. The molecule has 1 aromatic carbocycles. The monoisotopic (exact) mass is 286 g/mol. The van der Waals surface area contributed by atoms with E-state index < -0.39 is 17.2 Å². The van der Waals surface area contributed by atoms with Crippen LogP contribution in [0.3, 0.4) is 0 Å². The zero-order chi connectivity index (χ0) is 14.8. The molecule has 0 bridgehead atoms. The molecule has 0 radical (unpaired) electrons. The maximum Gasteiger partial charge on any atom is 0.488 e. The molecule has 0 heterocycles. The predicted octanol–water partition coefficient (Wildman–Crippen LogP) is 0.426. The minimum atomic E-state index is -3.83. The highest BCUT2D eigenvalue weighted by atomic mass is 32.2. The average Bonchev–Trinajstić information content (AvgIpc) is 2.25. The molecule has 0 aliphatic carbocycles. The minimum absolute atomic E-state index is 0.0427. The van der Waals surface area contributed by atoms with Gasteiger partial charge in [0.2, 0.25) is 0 Å². The van der Waals surface area contributed by atoms with Gasteiger partial charge in [0.25, 0.3) is 10.1 Å². The van der Waals surface area contributed by atoms with Gasteiger partial charge in [-0.2, -0.15) is 8.42 Å². The third-order valence-electron chi connectivity index (χ3n) is 2.41. The first-order valence-electron chi connectivity index (χ1n) is 5.89. The molecule has 0 aliphatic heterocycles. The van der Waals surface area contributed by atoms with E-state index in [4.69, 9.17) is 14.2 Å². The third-order valence-corrected chi connectivity index (χ3v) is 3.84. The number of aryl methyl sites for hydroxylation is 1. The van der Waals surface area contributed by atoms with Crippen LogP contribution in [0.4, 0.5) is 0 Å². The lowest BCUT2D eigenvalue weighted by Gasteiger charge is -2.18. The molecular weight excluding hydrogens is 267 g/mol. The van der Waals surface area contributed by atoms with Crippen LogP contribution < -0.4 is 5.46 Å². The molecule has 0 spiro atoms. The van der Waals surface area contributed by atoms with Crippen LogP contribution in [0.15, 0.2) is 23.1 Å². The third kappa shape index (κ3) is 4.61. The first-order valence-corrected chi connectivity index (χ1v) is 7.30. The SMILES string of the molecule is Cc1cc(B(O)O)ccc1S(=O)(=O)OCC(C)(C)C. The molecular formula is C12H19BO5S. The molecule has 0 amide bonds. The van der Waals surface area contributed by atoms with Gasteiger partial charge in [0, 0.05) is 0 Å². The van der Waals surface area contributed by atoms with Gasteiger partial charge in [0.15, 0.2) is 0 Å². The van der Waals surface area contributed by atoms with Gasteiger partial charge in [-0.25, -0.2) is 0 Å². The van der Waals surface area contributed by atoms with Crippen molar-refractivity contribution in [1.29, 1.82) is 0 Å². The van der Waals surface area contributed by atoms with Crippen molar-refractivity contribution in [2.24, 2.45) is 5.41 Å². The minimum Gasteiger partial charge on any atom is -0.423 e. The molecule has 0 unspecified atom stereocenters. The summed E-state index contributed by atoms with van der Waals surface area (Å²) >= 11 is 0. The number of hydrogen-bond donors (Lipinski definition) is 2. The fraction of sp³-hybridized carbons (Fsp3) is 0.500. The Morgan fingerprint density at radius 1 is 1.26 bits per heavy atom. The number of benzene rings is 1. The summed E-state index contributed by atoms with van der Waals surface area (Å²) in [4.78, 5) is 0.0427. The van der Waals surface area contributed by atoms with Crippen molar-refractivity contribution < 1.29 is 22.6 Å². The van der Waals surface area contributed by atoms with Gasteiger partial charge in [0.1, 0.15) is 0 Å². The first kappa shape index (κ1) is 16.2. The van der Waals surface area contributed by atoms with E-state index in [1.165, 1.54) is 18.2 Å². The van der Waals surface area contributed by atoms with Crippen molar-refractivity contribution in [2.45, 2.75) is 32.6 Å². The molecule has 0 saturated carbocycles. The van der Waals surface area contributed by atoms with Crippen molar-refractivity contribution >= 4 is 22.7 Å². The fourth-order valence-corrected chi connectivity index (χ4v) is 2.76. The van der Waals surface area contributed by atoms with Gasteiger partial charge >= 0.3 is 7.12 Å². The highest BCUT2D eigenvalue weighted by Gasteiger charge is 2.23. The molecule has 1 rings (SSSR count). The number of hydrogen-bond acceptors (Lipinski definition) is 5. The van der Waals surface area contributed by atoms with Crippen LogP contribution in [0.2, 0.25) is 0 Å². The molecule has 106 valence electrons. The highest BCUT2D eigenvalue weighted by molar-refractivity contribution is 7.86. The largest absolute Gasteiger partial charge is 0.488 e. The van der Waals surface area contributed by atoms with Crippen LogP contribution >= 0.6 is 0 Å². The summed E-state index contributed by atoms with van der Waals surface area (Å²) < 4.78 is 29.1. The zero-order valence-electron chi connectivity index (χ0n) is 11.5. The fourth-order valence-electron chi connectivity index (χ4n) is 1.43. The molecule has 0 aliphatic rings. The standard InChI is InChI=1S/C12H19BO5S/c1-9-7-10(13(14)15)5-6-11(9)19(16,17)18-8-12(2,3)4/h5-7,14-15H,8H2,1-4H3. The van der Waals surface area contributed by atoms with Gasteiger partial charge in [0.05, 0.1) is 11.5 Å². The summed E-state index contributed by atoms with van der Waals surface area (Å²) in [6.45, 7) is 7.29. The molecule has 0 fully saturated rings. The lowest BCUT2D eigenvalue weighted by atomic mass is 9.80. The van der Waals surface area contributed by atoms with Gasteiger partial charge in [-0.05, 0) is 29.4 Å². The second-order valence-electron chi connectivity index (χ2n) is 5.68. The van der Waals surface area contributed by atoms with Crippen LogP contribution in [0, 0.1) is 12.3 Å². The van der Waals surface area contributed by atoms with E-state index in [1.807, 2.05) is 20.8 Å². The van der Waals surface area contributed by atoms with Crippen molar-refractivity contribution in [3.8, 4) is 0 Å². The van der Waals surface area contributed by atoms with Crippen LogP contribution in [0.1, 0.15) is 26.3 Å². The van der Waals surface area contributed by atoms with Crippen molar-refractivity contribution in [2.75, 3.05) is 6.61 Å². The topological polar surface area (TPSA) is 83.8 Å². The number of rotatable bonds is 4. The summed E-state index contributed by atoms with van der Waals surface area (Å²) in [5, 5.41) is 18.1. The van der Waals surface area contributed by atoms with Gasteiger partial charge < -0.3 is 10.0 Å². The maximum atomic E-state index is 12.0. The van der Waals surface area contributed by atoms with E-state index in [0.717, 1.165) is 0 Å². The van der Waals surface area contributed by atoms with E-state index in [9.17, 15) is 8.42 Å². The van der Waals surface area contributed by atoms with Gasteiger partial charge in [-0.1, -0.05) is 32.9 Å². The van der Waals surface area contributed by atoms with Crippen molar-refractivity contribution in [1.82, 2.24) is 0 Å². The molecule has 1 aromatic rings. The summed E-state index contributed by atoms with van der Waals surface area (Å²) in [5.74, 6) is 0. The van der Waals surface area contributed by atoms with Crippen LogP contribution in [0.25, 0.3) is 0 Å². The summed E-state index contributed by atoms with van der Waals surface area (Å²) in [5.41, 5.74) is 0.397. The Morgan fingerprint density at radius 3 is 2.26 bits per heavy atom. The lowest BCUT2D eigenvalue weighted by Crippen LogP contribution is -2.30. The summed E-state index contributed by atoms with van der Waals surface area (Å²) in [6.07, 6.45) is 0. The zero-order valence-corrected chi connectivity index (χ0v) is 12.4. The van der Waals surface area contributed by atoms with Crippen LogP contribution in [-0.2, 0) is 14.3 Å². The maximum absolute atomic E-state index is 12.0. The molecule has 0 aromatic heterocycles. The summed E-state index contributed by atoms with van der Waals surface area (Å²) in [7, 11) is -5.45. The second-order valence-corrected chi connectivity index (χ2v) is 7.26. The van der Waals surface area contributed by atoms with E-state index >= 15 is 0 Å². The molecule has 5 nitrogen and oxygen atoms in total. The Bertz CT molecular complexity index is 546. The average molecular weight is 286 g/mol. The highest BCUT2D eigenvalue weighted by Crippen LogP contribution is 2.20. The Balaban J connectivity index is 3.02. The van der Waals surface area contributed by atoms with E-state index in [-0.39, 0.29) is 22.4 Å². The molecule has 0 atom stereocenters. The molecule has 2 N–H and O–H groups in total. The van der Waals surface area contributed by atoms with Crippen LogP contribution in [-0.4, -0.2) is 32.2 Å². The Hall–Kier alpha value is -0.885. The molecule has 19 heavy (non-hydrogen) atoms.